The average Bonchev–Trinajstić information content (AvgIpc) is 2.88. The fourth-order valence-electron chi connectivity index (χ4n) is 5.77. The second-order valence-corrected chi connectivity index (χ2v) is 20.2. The van der Waals surface area contributed by atoms with Gasteiger partial charge in [0.1, 0.15) is 7.38 Å². The number of carbonyl (C=O) groups is 1. The SMILES string of the molecule is C[Si](C)(Cl)CCCCCCCCCCCCCCCCCCCCCCCCCCCCCCCCC(=O)O. The van der Waals surface area contributed by atoms with Gasteiger partial charge in [-0.25, -0.2) is 0 Å². The van der Waals surface area contributed by atoms with Gasteiger partial charge in [0.25, 0.3) is 0 Å². The van der Waals surface area contributed by atoms with E-state index in [1.807, 2.05) is 0 Å². The van der Waals surface area contributed by atoms with Gasteiger partial charge in [-0.05, 0) is 12.5 Å². The Labute approximate surface area is 251 Å². The molecule has 0 spiro atoms. The van der Waals surface area contributed by atoms with Crippen molar-refractivity contribution in [1.29, 1.82) is 0 Å². The lowest BCUT2D eigenvalue weighted by atomic mass is 10.0. The summed E-state index contributed by atoms with van der Waals surface area (Å²) in [6, 6.07) is 1.29. The summed E-state index contributed by atoms with van der Waals surface area (Å²) in [6.07, 6.45) is 42.1. The van der Waals surface area contributed by atoms with Crippen molar-refractivity contribution in [3.63, 3.8) is 0 Å². The molecule has 4 heteroatoms. The molecule has 39 heavy (non-hydrogen) atoms. The first-order valence-electron chi connectivity index (χ1n) is 17.8. The Morgan fingerprint density at radius 2 is 0.590 bits per heavy atom. The van der Waals surface area contributed by atoms with E-state index in [4.69, 9.17) is 16.2 Å². The van der Waals surface area contributed by atoms with Crippen molar-refractivity contribution in [3.8, 4) is 0 Å². The largest absolute Gasteiger partial charge is 0.481 e. The van der Waals surface area contributed by atoms with Crippen molar-refractivity contribution in [3.05, 3.63) is 0 Å². The van der Waals surface area contributed by atoms with Crippen LogP contribution in [-0.2, 0) is 4.79 Å². The van der Waals surface area contributed by atoms with Crippen molar-refractivity contribution in [2.75, 3.05) is 0 Å². The zero-order chi connectivity index (χ0) is 28.7. The minimum absolute atomic E-state index is 0.345. The van der Waals surface area contributed by atoms with E-state index in [-0.39, 0.29) is 0 Å². The molecule has 0 heterocycles. The molecular formula is C35H71ClO2Si. The molecule has 1 N–H and O–H groups in total. The van der Waals surface area contributed by atoms with Gasteiger partial charge in [-0.3, -0.25) is 4.79 Å². The molecule has 0 aromatic rings. The van der Waals surface area contributed by atoms with Gasteiger partial charge in [-0.1, -0.05) is 199 Å². The summed E-state index contributed by atoms with van der Waals surface area (Å²) >= 11 is 6.39. The van der Waals surface area contributed by atoms with Gasteiger partial charge in [-0.15, -0.1) is 0 Å². The first-order chi connectivity index (χ1) is 18.9. The van der Waals surface area contributed by atoms with E-state index in [1.165, 1.54) is 186 Å². The highest BCUT2D eigenvalue weighted by Crippen LogP contribution is 2.20. The monoisotopic (exact) mass is 586 g/mol. The Balaban J connectivity index is 3.05. The molecule has 0 aromatic heterocycles. The third kappa shape index (κ3) is 38.0. The second-order valence-electron chi connectivity index (χ2n) is 13.2. The third-order valence-electron chi connectivity index (χ3n) is 8.41. The normalized spacial score (nSPS) is 11.9. The Morgan fingerprint density at radius 1 is 0.410 bits per heavy atom. The Morgan fingerprint density at radius 3 is 0.769 bits per heavy atom. The minimum atomic E-state index is -1.32. The molecule has 0 rings (SSSR count). The lowest BCUT2D eigenvalue weighted by Crippen LogP contribution is -2.14. The van der Waals surface area contributed by atoms with Gasteiger partial charge in [0.15, 0.2) is 0 Å². The first-order valence-corrected chi connectivity index (χ1v) is 22.0. The summed E-state index contributed by atoms with van der Waals surface area (Å²) in [5.74, 6) is -0.649. The summed E-state index contributed by atoms with van der Waals surface area (Å²) in [5.41, 5.74) is 0. The smallest absolute Gasteiger partial charge is 0.303 e. The molecule has 0 saturated heterocycles. The van der Waals surface area contributed by atoms with Crippen molar-refractivity contribution in [2.45, 2.75) is 218 Å². The van der Waals surface area contributed by atoms with Crippen LogP contribution in [0.5, 0.6) is 0 Å². The van der Waals surface area contributed by atoms with Crippen LogP contribution in [0.25, 0.3) is 0 Å². The van der Waals surface area contributed by atoms with Crippen molar-refractivity contribution < 1.29 is 9.90 Å². The van der Waals surface area contributed by atoms with Gasteiger partial charge in [-0.2, -0.15) is 11.1 Å². The van der Waals surface area contributed by atoms with Crippen LogP contribution in [0.3, 0.4) is 0 Å². The number of hydrogen-bond donors (Lipinski definition) is 1. The number of unbranched alkanes of at least 4 members (excludes halogenated alkanes) is 29. The minimum Gasteiger partial charge on any atom is -0.481 e. The fraction of sp³-hybridized carbons (Fsp3) is 0.971. The zero-order valence-corrected chi connectivity index (χ0v) is 28.6. The number of carboxylic acid groups (broad SMARTS) is 1. The molecule has 0 amide bonds. The zero-order valence-electron chi connectivity index (χ0n) is 26.9. The van der Waals surface area contributed by atoms with E-state index in [0.717, 1.165) is 12.8 Å². The number of carboxylic acids is 1. The van der Waals surface area contributed by atoms with E-state index in [9.17, 15) is 4.79 Å². The van der Waals surface area contributed by atoms with E-state index < -0.39 is 13.4 Å². The standard InChI is InChI=1S/C35H71ClO2Si/c1-39(2,36)34-32-30-28-26-24-22-20-18-16-14-12-10-8-6-4-3-5-7-9-11-13-15-17-19-21-23-25-27-29-31-33-35(37)38/h3-34H2,1-2H3,(H,37,38). The average molecular weight is 587 g/mol. The third-order valence-corrected chi connectivity index (χ3v) is 10.5. The lowest BCUT2D eigenvalue weighted by Gasteiger charge is -2.11. The van der Waals surface area contributed by atoms with Gasteiger partial charge in [0.05, 0.1) is 0 Å². The van der Waals surface area contributed by atoms with Gasteiger partial charge in [0.2, 0.25) is 0 Å². The van der Waals surface area contributed by atoms with Crippen LogP contribution in [0.15, 0.2) is 0 Å². The summed E-state index contributed by atoms with van der Waals surface area (Å²) in [7, 11) is -1.32. The van der Waals surface area contributed by atoms with Crippen molar-refractivity contribution in [2.24, 2.45) is 0 Å². The predicted octanol–water partition coefficient (Wildman–Crippen LogP) is 13.6. The molecule has 0 aliphatic heterocycles. The molecule has 0 saturated carbocycles. The maximum atomic E-state index is 10.5. The highest BCUT2D eigenvalue weighted by atomic mass is 35.6. The summed E-state index contributed by atoms with van der Waals surface area (Å²) in [4.78, 5) is 10.5. The molecule has 0 aliphatic rings. The number of hydrogen-bond acceptors (Lipinski definition) is 1. The van der Waals surface area contributed by atoms with Crippen LogP contribution >= 0.6 is 11.1 Å². The molecule has 0 aliphatic carbocycles. The molecule has 0 unspecified atom stereocenters. The predicted molar refractivity (Wildman–Crippen MR) is 179 cm³/mol. The highest BCUT2D eigenvalue weighted by Gasteiger charge is 2.15. The van der Waals surface area contributed by atoms with E-state index >= 15 is 0 Å². The number of aliphatic carboxylic acids is 1. The van der Waals surface area contributed by atoms with Crippen molar-refractivity contribution >= 4 is 24.4 Å². The summed E-state index contributed by atoms with van der Waals surface area (Å²) in [5, 5.41) is 8.63. The van der Waals surface area contributed by atoms with Gasteiger partial charge >= 0.3 is 5.97 Å². The Bertz CT molecular complexity index is 492. The van der Waals surface area contributed by atoms with E-state index in [1.54, 1.807) is 0 Å². The molecule has 0 atom stereocenters. The summed E-state index contributed by atoms with van der Waals surface area (Å²) < 4.78 is 0. The summed E-state index contributed by atoms with van der Waals surface area (Å²) in [6.45, 7) is 4.54. The first kappa shape index (κ1) is 39.0. The second kappa shape index (κ2) is 30.9. The van der Waals surface area contributed by atoms with Crippen molar-refractivity contribution in [1.82, 2.24) is 0 Å². The molecule has 0 aromatic carbocycles. The van der Waals surface area contributed by atoms with Gasteiger partial charge < -0.3 is 5.11 Å². The highest BCUT2D eigenvalue weighted by molar-refractivity contribution is 7.19. The molecule has 234 valence electrons. The Kier molecular flexibility index (Phi) is 30.9. The quantitative estimate of drug-likeness (QED) is 0.0471. The number of halogens is 1. The molecule has 0 radical (unpaired) electrons. The fourth-order valence-corrected chi connectivity index (χ4v) is 7.26. The van der Waals surface area contributed by atoms with Gasteiger partial charge in [0, 0.05) is 6.42 Å². The van der Waals surface area contributed by atoms with Crippen LogP contribution < -0.4 is 0 Å². The van der Waals surface area contributed by atoms with E-state index in [2.05, 4.69) is 13.1 Å². The van der Waals surface area contributed by atoms with Crippen LogP contribution in [0.2, 0.25) is 19.1 Å². The maximum absolute atomic E-state index is 10.5. The molecule has 0 fully saturated rings. The van der Waals surface area contributed by atoms with Crippen LogP contribution in [-0.4, -0.2) is 18.5 Å². The van der Waals surface area contributed by atoms with Crippen LogP contribution in [0.1, 0.15) is 199 Å². The lowest BCUT2D eigenvalue weighted by molar-refractivity contribution is -0.137. The molecular weight excluding hydrogens is 516 g/mol. The van der Waals surface area contributed by atoms with E-state index in [0.29, 0.717) is 6.42 Å². The van der Waals surface area contributed by atoms with Crippen LogP contribution in [0.4, 0.5) is 0 Å². The van der Waals surface area contributed by atoms with Crippen LogP contribution in [0, 0.1) is 0 Å². The molecule has 2 nitrogen and oxygen atoms in total. The topological polar surface area (TPSA) is 37.3 Å². The molecule has 0 bridgehead atoms. The number of rotatable bonds is 33. The maximum Gasteiger partial charge on any atom is 0.303 e. The Hall–Kier alpha value is -0.0231.